The third-order valence-corrected chi connectivity index (χ3v) is 2.54. The second-order valence-electron chi connectivity index (χ2n) is 3.55. The average Bonchev–Trinajstić information content (AvgIpc) is 2.23. The fourth-order valence-corrected chi connectivity index (χ4v) is 1.41. The fraction of sp³-hybridized carbons (Fsp3) is 0.600. The van der Waals surface area contributed by atoms with Gasteiger partial charge in [-0.15, -0.1) is 0 Å². The van der Waals surface area contributed by atoms with Gasteiger partial charge in [-0.3, -0.25) is 0 Å². The molecule has 0 saturated heterocycles. The van der Waals surface area contributed by atoms with Gasteiger partial charge in [0.2, 0.25) is 17.7 Å². The van der Waals surface area contributed by atoms with Crippen molar-refractivity contribution in [3.8, 4) is 11.8 Å². The number of hydrogen-bond acceptors (Lipinski definition) is 5. The van der Waals surface area contributed by atoms with Crippen molar-refractivity contribution in [3.63, 3.8) is 0 Å². The molecule has 0 spiro atoms. The van der Waals surface area contributed by atoms with Gasteiger partial charge >= 0.3 is 0 Å². The summed E-state index contributed by atoms with van der Waals surface area (Å²) in [7, 11) is 3.16. The Labute approximate surface area is 88.8 Å². The summed E-state index contributed by atoms with van der Waals surface area (Å²) in [5, 5.41) is 3.25. The lowest BCUT2D eigenvalue weighted by atomic mass is 9.93. The Kier molecular flexibility index (Phi) is 2.89. The smallest absolute Gasteiger partial charge is 0.229 e. The largest absolute Gasteiger partial charge is 0.481 e. The van der Waals surface area contributed by atoms with E-state index in [4.69, 9.17) is 9.47 Å². The van der Waals surface area contributed by atoms with Gasteiger partial charge in [0, 0.05) is 6.04 Å². The van der Waals surface area contributed by atoms with Crippen LogP contribution in [0.2, 0.25) is 0 Å². The van der Waals surface area contributed by atoms with E-state index in [0.717, 1.165) is 0 Å². The minimum Gasteiger partial charge on any atom is -0.481 e. The van der Waals surface area contributed by atoms with Crippen molar-refractivity contribution in [2.75, 3.05) is 19.5 Å². The maximum Gasteiger partial charge on any atom is 0.229 e. The van der Waals surface area contributed by atoms with Crippen LogP contribution in [0.1, 0.15) is 19.3 Å². The van der Waals surface area contributed by atoms with Crippen molar-refractivity contribution in [2.24, 2.45) is 0 Å². The lowest BCUT2D eigenvalue weighted by Crippen LogP contribution is -2.28. The number of methoxy groups -OCH3 is 2. The molecule has 2 rings (SSSR count). The Balaban J connectivity index is 2.13. The zero-order valence-corrected chi connectivity index (χ0v) is 8.99. The molecular formula is C10H15N3O2. The molecule has 82 valence electrons. The molecule has 1 fully saturated rings. The molecule has 0 bridgehead atoms. The summed E-state index contributed by atoms with van der Waals surface area (Å²) in [5.41, 5.74) is 0. The molecule has 1 N–H and O–H groups in total. The third kappa shape index (κ3) is 2.29. The highest BCUT2D eigenvalue weighted by atomic mass is 16.5. The molecule has 15 heavy (non-hydrogen) atoms. The van der Waals surface area contributed by atoms with Crippen LogP contribution in [-0.2, 0) is 0 Å². The van der Waals surface area contributed by atoms with E-state index in [0.29, 0.717) is 23.8 Å². The fourth-order valence-electron chi connectivity index (χ4n) is 1.41. The lowest BCUT2D eigenvalue weighted by Gasteiger charge is -2.26. The van der Waals surface area contributed by atoms with Crippen LogP contribution < -0.4 is 14.8 Å². The number of rotatable bonds is 4. The first kappa shape index (κ1) is 10.0. The van der Waals surface area contributed by atoms with Crippen LogP contribution in [0, 0.1) is 0 Å². The van der Waals surface area contributed by atoms with Gasteiger partial charge in [-0.2, -0.15) is 9.97 Å². The van der Waals surface area contributed by atoms with E-state index >= 15 is 0 Å². The Hall–Kier alpha value is -1.52. The quantitative estimate of drug-likeness (QED) is 0.813. The van der Waals surface area contributed by atoms with Gasteiger partial charge in [-0.1, -0.05) is 0 Å². The number of nitrogens with zero attached hydrogens (tertiary/aromatic N) is 2. The number of aromatic nitrogens is 2. The number of anilines is 1. The van der Waals surface area contributed by atoms with Gasteiger partial charge in [0.25, 0.3) is 0 Å². The second kappa shape index (κ2) is 4.33. The first-order chi connectivity index (χ1) is 7.31. The molecule has 1 heterocycles. The minimum atomic E-state index is 0.502. The Morgan fingerprint density at radius 3 is 2.20 bits per heavy atom. The van der Waals surface area contributed by atoms with Gasteiger partial charge < -0.3 is 14.8 Å². The Bertz CT molecular complexity index is 317. The van der Waals surface area contributed by atoms with E-state index in [1.807, 2.05) is 0 Å². The highest BCUT2D eigenvalue weighted by Crippen LogP contribution is 2.24. The molecule has 0 aromatic carbocycles. The zero-order chi connectivity index (χ0) is 10.7. The summed E-state index contributed by atoms with van der Waals surface area (Å²) in [4.78, 5) is 8.39. The van der Waals surface area contributed by atoms with E-state index in [-0.39, 0.29) is 0 Å². The van der Waals surface area contributed by atoms with E-state index < -0.39 is 0 Å². The van der Waals surface area contributed by atoms with Crippen molar-refractivity contribution in [3.05, 3.63) is 6.07 Å². The van der Waals surface area contributed by atoms with Crippen molar-refractivity contribution in [2.45, 2.75) is 25.3 Å². The molecule has 1 aromatic rings. The van der Waals surface area contributed by atoms with Crippen LogP contribution in [0.5, 0.6) is 11.8 Å². The molecule has 0 amide bonds. The predicted octanol–water partition coefficient (Wildman–Crippen LogP) is 1.46. The molecule has 1 aromatic heterocycles. The van der Waals surface area contributed by atoms with Crippen LogP contribution in [0.4, 0.5) is 5.95 Å². The lowest BCUT2D eigenvalue weighted by molar-refractivity contribution is 0.371. The molecule has 5 heteroatoms. The predicted molar refractivity (Wildman–Crippen MR) is 56.4 cm³/mol. The van der Waals surface area contributed by atoms with Gasteiger partial charge in [-0.05, 0) is 19.3 Å². The number of nitrogens with one attached hydrogen (secondary N) is 1. The van der Waals surface area contributed by atoms with Crippen molar-refractivity contribution < 1.29 is 9.47 Å². The number of ether oxygens (including phenoxy) is 2. The Morgan fingerprint density at radius 2 is 1.80 bits per heavy atom. The monoisotopic (exact) mass is 209 g/mol. The standard InChI is InChI=1S/C10H15N3O2/c1-14-8-6-9(15-2)13-10(12-8)11-7-4-3-5-7/h6-7H,3-5H2,1-2H3,(H,11,12,13). The van der Waals surface area contributed by atoms with E-state index in [2.05, 4.69) is 15.3 Å². The summed E-state index contributed by atoms with van der Waals surface area (Å²) >= 11 is 0. The molecule has 0 atom stereocenters. The van der Waals surface area contributed by atoms with E-state index in [1.54, 1.807) is 20.3 Å². The first-order valence-corrected chi connectivity index (χ1v) is 5.05. The van der Waals surface area contributed by atoms with Crippen molar-refractivity contribution >= 4 is 5.95 Å². The maximum atomic E-state index is 5.06. The summed E-state index contributed by atoms with van der Waals surface area (Å²) in [6, 6.07) is 2.16. The van der Waals surface area contributed by atoms with Gasteiger partial charge in [0.15, 0.2) is 0 Å². The molecule has 5 nitrogen and oxygen atoms in total. The Morgan fingerprint density at radius 1 is 1.20 bits per heavy atom. The summed E-state index contributed by atoms with van der Waals surface area (Å²) in [6.07, 6.45) is 3.64. The maximum absolute atomic E-state index is 5.06. The molecule has 0 aliphatic heterocycles. The normalized spacial score (nSPS) is 15.6. The number of hydrogen-bond donors (Lipinski definition) is 1. The van der Waals surface area contributed by atoms with Crippen LogP contribution >= 0.6 is 0 Å². The molecule has 1 saturated carbocycles. The zero-order valence-electron chi connectivity index (χ0n) is 8.99. The van der Waals surface area contributed by atoms with Gasteiger partial charge in [0.1, 0.15) is 0 Å². The van der Waals surface area contributed by atoms with Crippen molar-refractivity contribution in [1.82, 2.24) is 9.97 Å². The van der Waals surface area contributed by atoms with Crippen molar-refractivity contribution in [1.29, 1.82) is 0 Å². The first-order valence-electron chi connectivity index (χ1n) is 5.05. The van der Waals surface area contributed by atoms with E-state index in [1.165, 1.54) is 19.3 Å². The topological polar surface area (TPSA) is 56.3 Å². The summed E-state index contributed by atoms with van der Waals surface area (Å²) in [5.74, 6) is 1.61. The van der Waals surface area contributed by atoms with Crippen LogP contribution in [0.15, 0.2) is 6.07 Å². The third-order valence-electron chi connectivity index (χ3n) is 2.54. The average molecular weight is 209 g/mol. The molecule has 1 aliphatic carbocycles. The highest BCUT2D eigenvalue weighted by molar-refractivity contribution is 5.34. The molecule has 0 unspecified atom stereocenters. The molecular weight excluding hydrogens is 194 g/mol. The highest BCUT2D eigenvalue weighted by Gasteiger charge is 2.18. The second-order valence-corrected chi connectivity index (χ2v) is 3.55. The summed E-state index contributed by atoms with van der Waals surface area (Å²) in [6.45, 7) is 0. The summed E-state index contributed by atoms with van der Waals surface area (Å²) < 4.78 is 10.1. The molecule has 0 radical (unpaired) electrons. The van der Waals surface area contributed by atoms with Crippen LogP contribution in [0.3, 0.4) is 0 Å². The van der Waals surface area contributed by atoms with E-state index in [9.17, 15) is 0 Å². The molecule has 1 aliphatic rings. The van der Waals surface area contributed by atoms with Gasteiger partial charge in [-0.25, -0.2) is 0 Å². The van der Waals surface area contributed by atoms with Crippen LogP contribution in [-0.4, -0.2) is 30.2 Å². The SMILES string of the molecule is COc1cc(OC)nc(NC2CCC2)n1. The minimum absolute atomic E-state index is 0.502. The van der Waals surface area contributed by atoms with Crippen LogP contribution in [0.25, 0.3) is 0 Å². The van der Waals surface area contributed by atoms with Gasteiger partial charge in [0.05, 0.1) is 20.3 Å².